The maximum atomic E-state index is 9.88. The Balaban J connectivity index is 0.000000257. The first-order valence-corrected chi connectivity index (χ1v) is 13.1. The first-order valence-electron chi connectivity index (χ1n) is 12.3. The number of benzene rings is 1. The number of hydrogen-bond donors (Lipinski definition) is 4. The van der Waals surface area contributed by atoms with E-state index in [9.17, 15) is 5.11 Å². The summed E-state index contributed by atoms with van der Waals surface area (Å²) in [4.78, 5) is 5.67. The zero-order valence-corrected chi connectivity index (χ0v) is 20.1. The zero-order valence-electron chi connectivity index (χ0n) is 19.3. The van der Waals surface area contributed by atoms with E-state index >= 15 is 0 Å². The van der Waals surface area contributed by atoms with Gasteiger partial charge in [0.2, 0.25) is 0 Å². The van der Waals surface area contributed by atoms with Crippen LogP contribution >= 0.6 is 11.3 Å². The highest BCUT2D eigenvalue weighted by Gasteiger charge is 2.21. The predicted molar refractivity (Wildman–Crippen MR) is 138 cm³/mol. The number of rotatable bonds is 3. The van der Waals surface area contributed by atoms with Gasteiger partial charge in [0.25, 0.3) is 0 Å². The van der Waals surface area contributed by atoms with Crippen molar-refractivity contribution in [3.63, 3.8) is 0 Å². The Labute approximate surface area is 203 Å². The summed E-state index contributed by atoms with van der Waals surface area (Å²) in [5.41, 5.74) is 7.41. The number of thiophene rings is 1. The van der Waals surface area contributed by atoms with E-state index in [1.807, 2.05) is 22.8 Å². The van der Waals surface area contributed by atoms with Gasteiger partial charge in [-0.15, -0.1) is 16.4 Å². The van der Waals surface area contributed by atoms with Gasteiger partial charge in [-0.1, -0.05) is 18.2 Å². The minimum Gasteiger partial charge on any atom is -0.393 e. The molecule has 1 aromatic carbocycles. The number of nitrogens with zero attached hydrogens (tertiary/aromatic N) is 3. The second-order valence-corrected chi connectivity index (χ2v) is 10.6. The molecular weight excluding hydrogens is 446 g/mol. The van der Waals surface area contributed by atoms with Crippen LogP contribution in [0.5, 0.6) is 0 Å². The SMILES string of the molecule is NC1CCCC(O)C1.OC1CCCC(Nc2ccc3ncc(-c4cc5ccccc5s4)n3n2)C1. The number of aromatic nitrogens is 3. The Bertz CT molecular complexity index is 1200. The highest BCUT2D eigenvalue weighted by atomic mass is 32.1. The van der Waals surface area contributed by atoms with Crippen molar-refractivity contribution in [1.29, 1.82) is 0 Å². The largest absolute Gasteiger partial charge is 0.393 e. The van der Waals surface area contributed by atoms with E-state index in [2.05, 4.69) is 40.6 Å². The fourth-order valence-electron chi connectivity index (χ4n) is 4.93. The molecule has 4 aromatic rings. The lowest BCUT2D eigenvalue weighted by Crippen LogP contribution is -2.30. The van der Waals surface area contributed by atoms with Crippen LogP contribution in [-0.2, 0) is 0 Å². The highest BCUT2D eigenvalue weighted by Crippen LogP contribution is 2.33. The van der Waals surface area contributed by atoms with Gasteiger partial charge < -0.3 is 21.3 Å². The van der Waals surface area contributed by atoms with E-state index in [0.717, 1.165) is 73.4 Å². The average molecular weight is 480 g/mol. The molecule has 0 radical (unpaired) electrons. The Morgan fingerprint density at radius 2 is 1.76 bits per heavy atom. The van der Waals surface area contributed by atoms with Crippen molar-refractivity contribution in [3.05, 3.63) is 48.7 Å². The van der Waals surface area contributed by atoms with Crippen LogP contribution in [-0.4, -0.2) is 49.1 Å². The molecular formula is C26H33N5O2S. The van der Waals surface area contributed by atoms with Gasteiger partial charge in [0.1, 0.15) is 11.5 Å². The van der Waals surface area contributed by atoms with Crippen LogP contribution in [0.25, 0.3) is 26.3 Å². The molecule has 4 unspecified atom stereocenters. The van der Waals surface area contributed by atoms with Crippen LogP contribution in [0.2, 0.25) is 0 Å². The molecule has 6 rings (SSSR count). The summed E-state index contributed by atoms with van der Waals surface area (Å²) in [5.74, 6) is 0.831. The quantitative estimate of drug-likeness (QED) is 0.343. The van der Waals surface area contributed by atoms with E-state index in [4.69, 9.17) is 15.9 Å². The van der Waals surface area contributed by atoms with Gasteiger partial charge in [-0.3, -0.25) is 0 Å². The van der Waals surface area contributed by atoms with Crippen molar-refractivity contribution in [2.75, 3.05) is 5.32 Å². The monoisotopic (exact) mass is 479 g/mol. The van der Waals surface area contributed by atoms with Gasteiger partial charge in [-0.25, -0.2) is 9.50 Å². The minimum atomic E-state index is -0.202. The Kier molecular flexibility index (Phi) is 7.10. The summed E-state index contributed by atoms with van der Waals surface area (Å²) < 4.78 is 3.18. The van der Waals surface area contributed by atoms with Gasteiger partial charge >= 0.3 is 0 Å². The standard InChI is InChI=1S/C20H20N4OS.C6H13NO/c25-15-6-3-5-14(11-15)22-19-8-9-20-21-12-16(24(20)23-19)18-10-13-4-1-2-7-17(13)26-18;7-5-2-1-3-6(8)4-5/h1-2,4,7-10,12,14-15,25H,3,5-6,11H2,(H,22,23);5-6,8H,1-4,7H2. The van der Waals surface area contributed by atoms with Gasteiger partial charge in [-0.2, -0.15) is 0 Å². The lowest BCUT2D eigenvalue weighted by atomic mass is 9.93. The summed E-state index contributed by atoms with van der Waals surface area (Å²) in [6.45, 7) is 0. The predicted octanol–water partition coefficient (Wildman–Crippen LogP) is 4.58. The smallest absolute Gasteiger partial charge is 0.154 e. The van der Waals surface area contributed by atoms with Gasteiger partial charge in [0, 0.05) is 16.8 Å². The lowest BCUT2D eigenvalue weighted by Gasteiger charge is -2.26. The molecule has 3 heterocycles. The summed E-state index contributed by atoms with van der Waals surface area (Å²) >= 11 is 1.76. The van der Waals surface area contributed by atoms with Crippen molar-refractivity contribution in [3.8, 4) is 10.6 Å². The minimum absolute atomic E-state index is 0.112. The molecule has 5 N–H and O–H groups in total. The molecule has 34 heavy (non-hydrogen) atoms. The number of nitrogens with two attached hydrogens (primary N) is 1. The number of anilines is 1. The second kappa shape index (κ2) is 10.4. The third-order valence-electron chi connectivity index (χ3n) is 6.73. The van der Waals surface area contributed by atoms with Crippen LogP contribution < -0.4 is 11.1 Å². The van der Waals surface area contributed by atoms with Gasteiger partial charge in [0.05, 0.1) is 23.3 Å². The molecule has 0 saturated heterocycles. The summed E-state index contributed by atoms with van der Waals surface area (Å²) in [6, 6.07) is 15.1. The van der Waals surface area contributed by atoms with Crippen LogP contribution in [0.3, 0.4) is 0 Å². The summed E-state index contributed by atoms with van der Waals surface area (Å²) in [5, 5.41) is 28.4. The lowest BCUT2D eigenvalue weighted by molar-refractivity contribution is 0.120. The highest BCUT2D eigenvalue weighted by molar-refractivity contribution is 7.22. The molecule has 0 aliphatic heterocycles. The molecule has 2 aliphatic carbocycles. The maximum Gasteiger partial charge on any atom is 0.154 e. The number of hydrogen-bond acceptors (Lipinski definition) is 7. The molecule has 8 heteroatoms. The first-order chi connectivity index (χ1) is 16.5. The van der Waals surface area contributed by atoms with Gasteiger partial charge in [-0.05, 0) is 81.0 Å². The molecule has 4 atom stereocenters. The Morgan fingerprint density at radius 3 is 2.50 bits per heavy atom. The van der Waals surface area contributed by atoms with Crippen LogP contribution in [0.15, 0.2) is 48.7 Å². The first kappa shape index (κ1) is 23.2. The Hall–Kier alpha value is -2.52. The topological polar surface area (TPSA) is 109 Å². The van der Waals surface area contributed by atoms with Crippen molar-refractivity contribution in [2.24, 2.45) is 5.73 Å². The van der Waals surface area contributed by atoms with Crippen molar-refractivity contribution >= 4 is 32.9 Å². The normalized spacial score (nSPS) is 25.1. The third-order valence-corrected chi connectivity index (χ3v) is 7.86. The number of fused-ring (bicyclic) bond motifs is 2. The Morgan fingerprint density at radius 1 is 0.971 bits per heavy atom. The van der Waals surface area contributed by atoms with E-state index in [1.54, 1.807) is 11.3 Å². The average Bonchev–Trinajstić information content (AvgIpc) is 3.43. The third kappa shape index (κ3) is 5.41. The van der Waals surface area contributed by atoms with E-state index in [-0.39, 0.29) is 24.3 Å². The number of imidazole rings is 1. The van der Waals surface area contributed by atoms with Gasteiger partial charge in [0.15, 0.2) is 5.65 Å². The molecule has 0 amide bonds. The van der Waals surface area contributed by atoms with E-state index in [0.29, 0.717) is 0 Å². The van der Waals surface area contributed by atoms with Crippen LogP contribution in [0, 0.1) is 0 Å². The molecule has 180 valence electrons. The van der Waals surface area contributed by atoms with E-state index in [1.165, 1.54) is 10.1 Å². The zero-order chi connectivity index (χ0) is 23.5. The van der Waals surface area contributed by atoms with Crippen molar-refractivity contribution < 1.29 is 10.2 Å². The van der Waals surface area contributed by atoms with Crippen molar-refractivity contribution in [1.82, 2.24) is 14.6 Å². The molecule has 7 nitrogen and oxygen atoms in total. The number of nitrogens with one attached hydrogen (secondary N) is 1. The van der Waals surface area contributed by atoms with Crippen LogP contribution in [0.1, 0.15) is 51.4 Å². The molecule has 2 saturated carbocycles. The maximum absolute atomic E-state index is 9.88. The molecule has 2 fully saturated rings. The molecule has 3 aromatic heterocycles. The molecule has 0 bridgehead atoms. The number of aliphatic hydroxyl groups is 2. The summed E-state index contributed by atoms with van der Waals surface area (Å²) in [7, 11) is 0. The van der Waals surface area contributed by atoms with Crippen molar-refractivity contribution in [2.45, 2.75) is 75.7 Å². The van der Waals surface area contributed by atoms with E-state index < -0.39 is 0 Å². The summed E-state index contributed by atoms with van der Waals surface area (Å²) in [6.07, 6.45) is 9.35. The second-order valence-electron chi connectivity index (χ2n) is 9.52. The fourth-order valence-corrected chi connectivity index (χ4v) is 5.99. The molecule has 0 spiro atoms. The molecule has 2 aliphatic rings. The fraction of sp³-hybridized carbons (Fsp3) is 0.462. The van der Waals surface area contributed by atoms with Crippen LogP contribution in [0.4, 0.5) is 5.82 Å². The number of aliphatic hydroxyl groups excluding tert-OH is 2.